The molecule has 2 amide bonds. The Morgan fingerprint density at radius 2 is 2.07 bits per heavy atom. The van der Waals surface area contributed by atoms with Gasteiger partial charge in [0.1, 0.15) is 0 Å². The molecule has 0 aliphatic carbocycles. The number of hydrogen-bond donors (Lipinski definition) is 3. The van der Waals surface area contributed by atoms with Crippen molar-refractivity contribution in [1.82, 2.24) is 10.6 Å². The Balaban J connectivity index is 3.53. The summed E-state index contributed by atoms with van der Waals surface area (Å²) in [5.41, 5.74) is 0. The van der Waals surface area contributed by atoms with Gasteiger partial charge in [0, 0.05) is 19.0 Å². The molecule has 0 bridgehead atoms. The maximum absolute atomic E-state index is 11.2. The third-order valence-corrected chi connectivity index (χ3v) is 1.98. The Morgan fingerprint density at radius 1 is 1.40 bits per heavy atom. The van der Waals surface area contributed by atoms with Crippen molar-refractivity contribution in [3.63, 3.8) is 0 Å². The summed E-state index contributed by atoms with van der Waals surface area (Å²) in [6.45, 7) is 4.51. The number of aliphatic carboxylic acids is 1. The number of carbonyl (C=O) groups is 2. The van der Waals surface area contributed by atoms with Crippen LogP contribution >= 0.6 is 0 Å². The average Bonchev–Trinajstić information content (AvgIpc) is 2.15. The van der Waals surface area contributed by atoms with Gasteiger partial charge in [0.05, 0.1) is 0 Å². The molecule has 0 saturated carbocycles. The highest BCUT2D eigenvalue weighted by atomic mass is 16.4. The Kier molecular flexibility index (Phi) is 7.40. The van der Waals surface area contributed by atoms with Crippen molar-refractivity contribution < 1.29 is 14.7 Å². The van der Waals surface area contributed by atoms with Crippen LogP contribution in [0, 0.1) is 0 Å². The van der Waals surface area contributed by atoms with Gasteiger partial charge in [0.25, 0.3) is 0 Å². The number of urea groups is 1. The Bertz CT molecular complexity index is 207. The van der Waals surface area contributed by atoms with Gasteiger partial charge in [-0.25, -0.2) is 4.79 Å². The van der Waals surface area contributed by atoms with Crippen LogP contribution in [0.15, 0.2) is 0 Å². The minimum Gasteiger partial charge on any atom is -0.481 e. The topological polar surface area (TPSA) is 78.4 Å². The van der Waals surface area contributed by atoms with E-state index in [4.69, 9.17) is 5.11 Å². The lowest BCUT2D eigenvalue weighted by atomic mass is 10.2. The van der Waals surface area contributed by atoms with Gasteiger partial charge in [-0.1, -0.05) is 13.3 Å². The molecule has 15 heavy (non-hydrogen) atoms. The van der Waals surface area contributed by atoms with Crippen LogP contribution < -0.4 is 10.6 Å². The normalized spacial score (nSPS) is 11.9. The molecule has 0 fully saturated rings. The van der Waals surface area contributed by atoms with E-state index in [1.165, 1.54) is 0 Å². The molecule has 1 atom stereocenters. The molecule has 0 aromatic heterocycles. The first-order valence-corrected chi connectivity index (χ1v) is 5.32. The van der Waals surface area contributed by atoms with Crippen molar-refractivity contribution >= 4 is 12.0 Å². The molecule has 0 radical (unpaired) electrons. The Labute approximate surface area is 90.2 Å². The van der Waals surface area contributed by atoms with Crippen LogP contribution in [0.1, 0.15) is 39.5 Å². The van der Waals surface area contributed by atoms with Gasteiger partial charge < -0.3 is 15.7 Å². The van der Waals surface area contributed by atoms with Crippen LogP contribution in [0.5, 0.6) is 0 Å². The predicted octanol–water partition coefficient (Wildman–Crippen LogP) is 1.34. The molecule has 0 saturated heterocycles. The fourth-order valence-electron chi connectivity index (χ4n) is 1.07. The second-order valence-corrected chi connectivity index (χ2v) is 3.59. The zero-order valence-corrected chi connectivity index (χ0v) is 9.38. The third kappa shape index (κ3) is 9.05. The summed E-state index contributed by atoms with van der Waals surface area (Å²) in [4.78, 5) is 21.5. The van der Waals surface area contributed by atoms with Crippen molar-refractivity contribution in [3.8, 4) is 0 Å². The molecule has 0 heterocycles. The number of carboxylic acid groups (broad SMARTS) is 1. The maximum atomic E-state index is 11.2. The summed E-state index contributed by atoms with van der Waals surface area (Å²) in [6, 6.07) is -0.330. The van der Waals surface area contributed by atoms with Crippen LogP contribution in [0.25, 0.3) is 0 Å². The van der Waals surface area contributed by atoms with Crippen molar-refractivity contribution in [3.05, 3.63) is 0 Å². The number of carboxylic acids is 1. The zero-order valence-electron chi connectivity index (χ0n) is 9.38. The molecular weight excluding hydrogens is 196 g/mol. The van der Waals surface area contributed by atoms with Crippen molar-refractivity contribution in [2.45, 2.75) is 45.6 Å². The standard InChI is InChI=1S/C10H20N2O3/c1-3-4-7-11-10(15)12-8(2)5-6-9(13)14/h8H,3-7H2,1-2H3,(H,13,14)(H2,11,12,15). The van der Waals surface area contributed by atoms with Gasteiger partial charge >= 0.3 is 12.0 Å². The number of unbranched alkanes of at least 4 members (excludes halogenated alkanes) is 1. The van der Waals surface area contributed by atoms with E-state index in [0.717, 1.165) is 12.8 Å². The molecule has 1 unspecified atom stereocenters. The summed E-state index contributed by atoms with van der Waals surface area (Å²) in [5.74, 6) is -0.838. The molecule has 88 valence electrons. The zero-order chi connectivity index (χ0) is 11.7. The Morgan fingerprint density at radius 3 is 2.60 bits per heavy atom. The monoisotopic (exact) mass is 216 g/mol. The first-order valence-electron chi connectivity index (χ1n) is 5.32. The summed E-state index contributed by atoms with van der Waals surface area (Å²) >= 11 is 0. The maximum Gasteiger partial charge on any atom is 0.314 e. The number of carbonyl (C=O) groups excluding carboxylic acids is 1. The van der Waals surface area contributed by atoms with E-state index in [2.05, 4.69) is 17.6 Å². The van der Waals surface area contributed by atoms with Gasteiger partial charge in [-0.2, -0.15) is 0 Å². The lowest BCUT2D eigenvalue weighted by Gasteiger charge is -2.13. The van der Waals surface area contributed by atoms with Crippen LogP contribution in [0.4, 0.5) is 4.79 Å². The van der Waals surface area contributed by atoms with E-state index in [1.807, 2.05) is 0 Å². The molecule has 3 N–H and O–H groups in total. The van der Waals surface area contributed by atoms with E-state index in [-0.39, 0.29) is 18.5 Å². The second kappa shape index (κ2) is 8.08. The summed E-state index contributed by atoms with van der Waals surface area (Å²) in [5, 5.41) is 13.8. The molecule has 5 nitrogen and oxygen atoms in total. The third-order valence-electron chi connectivity index (χ3n) is 1.98. The summed E-state index contributed by atoms with van der Waals surface area (Å²) in [7, 11) is 0. The highest BCUT2D eigenvalue weighted by Gasteiger charge is 2.07. The lowest BCUT2D eigenvalue weighted by Crippen LogP contribution is -2.41. The number of nitrogens with one attached hydrogen (secondary N) is 2. The molecular formula is C10H20N2O3. The molecule has 0 rings (SSSR count). The molecule has 0 spiro atoms. The van der Waals surface area contributed by atoms with Crippen molar-refractivity contribution in [2.75, 3.05) is 6.54 Å². The molecule has 5 heteroatoms. The smallest absolute Gasteiger partial charge is 0.314 e. The Hall–Kier alpha value is -1.26. The minimum atomic E-state index is -0.838. The average molecular weight is 216 g/mol. The highest BCUT2D eigenvalue weighted by molar-refractivity contribution is 5.74. The van der Waals surface area contributed by atoms with Gasteiger partial charge in [-0.3, -0.25) is 4.79 Å². The summed E-state index contributed by atoms with van der Waals surface area (Å²) < 4.78 is 0. The van der Waals surface area contributed by atoms with Gasteiger partial charge in [-0.05, 0) is 19.8 Å². The van der Waals surface area contributed by atoms with E-state index >= 15 is 0 Å². The van der Waals surface area contributed by atoms with Crippen LogP contribution in [-0.2, 0) is 4.79 Å². The fourth-order valence-corrected chi connectivity index (χ4v) is 1.07. The quantitative estimate of drug-likeness (QED) is 0.562. The van der Waals surface area contributed by atoms with Gasteiger partial charge in [0.15, 0.2) is 0 Å². The molecule has 0 aliphatic rings. The van der Waals surface area contributed by atoms with Gasteiger partial charge in [0.2, 0.25) is 0 Å². The predicted molar refractivity (Wildman–Crippen MR) is 57.8 cm³/mol. The molecule has 0 aromatic carbocycles. The van der Waals surface area contributed by atoms with Crippen molar-refractivity contribution in [1.29, 1.82) is 0 Å². The minimum absolute atomic E-state index is 0.0798. The molecule has 0 aliphatic heterocycles. The number of hydrogen-bond acceptors (Lipinski definition) is 2. The lowest BCUT2D eigenvalue weighted by molar-refractivity contribution is -0.137. The SMILES string of the molecule is CCCCNC(=O)NC(C)CCC(=O)O. The highest BCUT2D eigenvalue weighted by Crippen LogP contribution is 1.95. The fraction of sp³-hybridized carbons (Fsp3) is 0.800. The van der Waals surface area contributed by atoms with Crippen LogP contribution in [0.3, 0.4) is 0 Å². The first kappa shape index (κ1) is 13.7. The number of rotatable bonds is 7. The largest absolute Gasteiger partial charge is 0.481 e. The van der Waals surface area contributed by atoms with E-state index < -0.39 is 5.97 Å². The van der Waals surface area contributed by atoms with Gasteiger partial charge in [-0.15, -0.1) is 0 Å². The second-order valence-electron chi connectivity index (χ2n) is 3.59. The summed E-state index contributed by atoms with van der Waals surface area (Å²) in [6.07, 6.45) is 2.53. The van der Waals surface area contributed by atoms with E-state index in [0.29, 0.717) is 13.0 Å². The van der Waals surface area contributed by atoms with E-state index in [1.54, 1.807) is 6.92 Å². The van der Waals surface area contributed by atoms with Crippen LogP contribution in [-0.4, -0.2) is 29.7 Å². The van der Waals surface area contributed by atoms with E-state index in [9.17, 15) is 9.59 Å². The first-order chi connectivity index (χ1) is 7.06. The number of amides is 2. The molecule has 0 aromatic rings. The van der Waals surface area contributed by atoms with Crippen LogP contribution in [0.2, 0.25) is 0 Å². The van der Waals surface area contributed by atoms with Crippen molar-refractivity contribution in [2.24, 2.45) is 0 Å².